The third-order valence-corrected chi connectivity index (χ3v) is 2.67. The molecule has 0 atom stereocenters. The van der Waals surface area contributed by atoms with E-state index in [0.717, 1.165) is 0 Å². The van der Waals surface area contributed by atoms with Crippen LogP contribution in [0.15, 0.2) is 11.1 Å². The smallest absolute Gasteiger partial charge is 0.0192 e. The minimum atomic E-state index is 1.20. The average Bonchev–Trinajstić information content (AvgIpc) is 2.04. The summed E-state index contributed by atoms with van der Waals surface area (Å²) in [7, 11) is 0. The predicted octanol–water partition coefficient (Wildman–Crippen LogP) is 2.44. The molecule has 0 radical (unpaired) electrons. The minimum absolute atomic E-state index is 1.20. The summed E-state index contributed by atoms with van der Waals surface area (Å²) in [5, 5.41) is 0. The summed E-state index contributed by atoms with van der Waals surface area (Å²) in [6.45, 7) is 10.5. The molecule has 0 aromatic carbocycles. The molecule has 0 saturated carbocycles. The Morgan fingerprint density at radius 1 is 1.36 bits per heavy atom. The molecule has 1 aliphatic rings. The molecular formula is C10H19N. The third kappa shape index (κ3) is 2.06. The molecule has 0 spiro atoms. The average molecular weight is 153 g/mol. The van der Waals surface area contributed by atoms with Crippen LogP contribution in [0.5, 0.6) is 0 Å². The Labute approximate surface area is 70.1 Å². The van der Waals surface area contributed by atoms with Gasteiger partial charge in [-0.25, -0.2) is 0 Å². The molecule has 11 heavy (non-hydrogen) atoms. The molecule has 0 fully saturated rings. The molecule has 1 heterocycles. The van der Waals surface area contributed by atoms with Crippen LogP contribution in [0.4, 0.5) is 0 Å². The molecule has 1 aliphatic heterocycles. The van der Waals surface area contributed by atoms with Crippen LogP contribution in [-0.4, -0.2) is 24.5 Å². The van der Waals surface area contributed by atoms with Crippen LogP contribution in [0, 0.1) is 0 Å². The zero-order chi connectivity index (χ0) is 8.27. The predicted molar refractivity (Wildman–Crippen MR) is 49.7 cm³/mol. The molecule has 64 valence electrons. The van der Waals surface area contributed by atoms with Crippen molar-refractivity contribution in [1.82, 2.24) is 4.90 Å². The van der Waals surface area contributed by atoms with E-state index in [2.05, 4.69) is 25.7 Å². The van der Waals surface area contributed by atoms with E-state index >= 15 is 0 Å². The highest BCUT2D eigenvalue weighted by Crippen LogP contribution is 2.19. The lowest BCUT2D eigenvalue weighted by Gasteiger charge is -2.28. The van der Waals surface area contributed by atoms with E-state index in [1.807, 2.05) is 0 Å². The van der Waals surface area contributed by atoms with E-state index in [4.69, 9.17) is 0 Å². The van der Waals surface area contributed by atoms with E-state index in [9.17, 15) is 0 Å². The first-order valence-electron chi connectivity index (χ1n) is 4.67. The van der Waals surface area contributed by atoms with Gasteiger partial charge in [-0.2, -0.15) is 0 Å². The largest absolute Gasteiger partial charge is 0.299 e. The van der Waals surface area contributed by atoms with Crippen molar-refractivity contribution in [1.29, 1.82) is 0 Å². The first-order valence-corrected chi connectivity index (χ1v) is 4.67. The molecule has 0 N–H and O–H groups in total. The molecule has 1 heteroatoms. The third-order valence-electron chi connectivity index (χ3n) is 2.67. The second-order valence-corrected chi connectivity index (χ2v) is 3.36. The first kappa shape index (κ1) is 8.79. The maximum Gasteiger partial charge on any atom is 0.0192 e. The van der Waals surface area contributed by atoms with E-state index in [-0.39, 0.29) is 0 Å². The molecule has 0 bridgehead atoms. The molecular weight excluding hydrogens is 134 g/mol. The standard InChI is InChI=1S/C10H19N/c1-4-10-6-7-11(5-2)8-9(10)3/h4-8H2,1-3H3. The van der Waals surface area contributed by atoms with Crippen molar-refractivity contribution in [3.8, 4) is 0 Å². The second-order valence-electron chi connectivity index (χ2n) is 3.36. The second kappa shape index (κ2) is 3.91. The maximum atomic E-state index is 2.51. The number of hydrogen-bond donors (Lipinski definition) is 0. The van der Waals surface area contributed by atoms with E-state index in [0.29, 0.717) is 0 Å². The molecule has 0 aromatic heterocycles. The van der Waals surface area contributed by atoms with Crippen LogP contribution in [0.3, 0.4) is 0 Å². The Bertz CT molecular complexity index is 158. The van der Waals surface area contributed by atoms with Gasteiger partial charge < -0.3 is 0 Å². The summed E-state index contributed by atoms with van der Waals surface area (Å²) >= 11 is 0. The van der Waals surface area contributed by atoms with Gasteiger partial charge in [-0.3, -0.25) is 4.90 Å². The fourth-order valence-electron chi connectivity index (χ4n) is 1.78. The minimum Gasteiger partial charge on any atom is -0.299 e. The summed E-state index contributed by atoms with van der Waals surface area (Å²) in [5.41, 5.74) is 3.30. The molecule has 0 aliphatic carbocycles. The van der Waals surface area contributed by atoms with Gasteiger partial charge in [-0.15, -0.1) is 0 Å². The van der Waals surface area contributed by atoms with Gasteiger partial charge in [0.2, 0.25) is 0 Å². The van der Waals surface area contributed by atoms with Crippen molar-refractivity contribution in [2.75, 3.05) is 19.6 Å². The lowest BCUT2D eigenvalue weighted by atomic mass is 9.99. The van der Waals surface area contributed by atoms with Gasteiger partial charge in [0.05, 0.1) is 0 Å². The lowest BCUT2D eigenvalue weighted by Crippen LogP contribution is -2.30. The Morgan fingerprint density at radius 2 is 2.09 bits per heavy atom. The molecule has 0 saturated heterocycles. The maximum absolute atomic E-state index is 2.51. The molecule has 0 unspecified atom stereocenters. The fraction of sp³-hybridized carbons (Fsp3) is 0.800. The van der Waals surface area contributed by atoms with Crippen LogP contribution < -0.4 is 0 Å². The number of hydrogen-bond acceptors (Lipinski definition) is 1. The quantitative estimate of drug-likeness (QED) is 0.551. The zero-order valence-corrected chi connectivity index (χ0v) is 7.98. The molecule has 0 amide bonds. The van der Waals surface area contributed by atoms with E-state index in [1.54, 1.807) is 11.1 Å². The summed E-state index contributed by atoms with van der Waals surface area (Å²) in [4.78, 5) is 2.51. The lowest BCUT2D eigenvalue weighted by molar-refractivity contribution is 0.299. The van der Waals surface area contributed by atoms with E-state index in [1.165, 1.54) is 32.5 Å². The number of likely N-dealkylation sites (N-methyl/N-ethyl adjacent to an activating group) is 1. The number of nitrogens with zero attached hydrogens (tertiary/aromatic N) is 1. The monoisotopic (exact) mass is 153 g/mol. The normalized spacial score (nSPS) is 21.0. The summed E-state index contributed by atoms with van der Waals surface area (Å²) in [6.07, 6.45) is 2.56. The van der Waals surface area contributed by atoms with Crippen molar-refractivity contribution < 1.29 is 0 Å². The summed E-state index contributed by atoms with van der Waals surface area (Å²) in [5.74, 6) is 0. The summed E-state index contributed by atoms with van der Waals surface area (Å²) < 4.78 is 0. The van der Waals surface area contributed by atoms with Crippen LogP contribution in [0.1, 0.15) is 33.6 Å². The summed E-state index contributed by atoms with van der Waals surface area (Å²) in [6, 6.07) is 0. The highest BCUT2D eigenvalue weighted by atomic mass is 15.1. The zero-order valence-electron chi connectivity index (χ0n) is 7.98. The van der Waals surface area contributed by atoms with Crippen molar-refractivity contribution in [3.63, 3.8) is 0 Å². The molecule has 0 aromatic rings. The Hall–Kier alpha value is -0.300. The fourth-order valence-corrected chi connectivity index (χ4v) is 1.78. The van der Waals surface area contributed by atoms with Gasteiger partial charge >= 0.3 is 0 Å². The van der Waals surface area contributed by atoms with Crippen molar-refractivity contribution >= 4 is 0 Å². The van der Waals surface area contributed by atoms with Gasteiger partial charge in [0.25, 0.3) is 0 Å². The van der Waals surface area contributed by atoms with Crippen molar-refractivity contribution in [2.45, 2.75) is 33.6 Å². The Morgan fingerprint density at radius 3 is 2.55 bits per heavy atom. The number of rotatable bonds is 2. The van der Waals surface area contributed by atoms with Gasteiger partial charge in [-0.05, 0) is 26.3 Å². The van der Waals surface area contributed by atoms with Crippen molar-refractivity contribution in [3.05, 3.63) is 11.1 Å². The van der Waals surface area contributed by atoms with Crippen LogP contribution in [-0.2, 0) is 0 Å². The Kier molecular flexibility index (Phi) is 3.13. The van der Waals surface area contributed by atoms with Crippen LogP contribution >= 0.6 is 0 Å². The van der Waals surface area contributed by atoms with Gasteiger partial charge in [-0.1, -0.05) is 25.0 Å². The molecule has 1 nitrogen and oxygen atoms in total. The topological polar surface area (TPSA) is 3.24 Å². The van der Waals surface area contributed by atoms with Crippen LogP contribution in [0.25, 0.3) is 0 Å². The van der Waals surface area contributed by atoms with E-state index < -0.39 is 0 Å². The molecule has 1 rings (SSSR count). The van der Waals surface area contributed by atoms with Gasteiger partial charge in [0, 0.05) is 13.1 Å². The van der Waals surface area contributed by atoms with Gasteiger partial charge in [0.15, 0.2) is 0 Å². The Balaban J connectivity index is 2.56. The van der Waals surface area contributed by atoms with Crippen LogP contribution in [0.2, 0.25) is 0 Å². The highest BCUT2D eigenvalue weighted by Gasteiger charge is 2.12. The van der Waals surface area contributed by atoms with Gasteiger partial charge in [0.1, 0.15) is 0 Å². The van der Waals surface area contributed by atoms with Crippen molar-refractivity contribution in [2.24, 2.45) is 0 Å². The SMILES string of the molecule is CCC1=C(C)CN(CC)CC1. The highest BCUT2D eigenvalue weighted by molar-refractivity contribution is 5.16. The first-order chi connectivity index (χ1) is 5.27.